The lowest BCUT2D eigenvalue weighted by Gasteiger charge is -2.48. The van der Waals surface area contributed by atoms with E-state index in [0.717, 1.165) is 34.0 Å². The highest BCUT2D eigenvalue weighted by molar-refractivity contribution is 5.96. The average molecular weight is 503 g/mol. The lowest BCUT2D eigenvalue weighted by molar-refractivity contribution is -0.152. The number of nitrogens with one attached hydrogen (secondary N) is 2. The van der Waals surface area contributed by atoms with E-state index in [4.69, 9.17) is 4.74 Å². The van der Waals surface area contributed by atoms with Crippen LogP contribution in [0.3, 0.4) is 0 Å². The van der Waals surface area contributed by atoms with Gasteiger partial charge in [-0.15, -0.1) is 0 Å². The number of pyridine rings is 1. The predicted octanol–water partition coefficient (Wildman–Crippen LogP) is 3.04. The smallest absolute Gasteiger partial charge is 0.266 e. The summed E-state index contributed by atoms with van der Waals surface area (Å²) in [7, 11) is 0. The Morgan fingerprint density at radius 3 is 2.51 bits per heavy atom. The fraction of sp³-hybridized carbons (Fsp3) is 0.345. The fourth-order valence-electron chi connectivity index (χ4n) is 5.17. The summed E-state index contributed by atoms with van der Waals surface area (Å²) in [6.07, 6.45) is 5.57. The fourth-order valence-corrected chi connectivity index (χ4v) is 5.17. The van der Waals surface area contributed by atoms with Crippen molar-refractivity contribution >= 4 is 17.4 Å². The Morgan fingerprint density at radius 2 is 1.86 bits per heavy atom. The summed E-state index contributed by atoms with van der Waals surface area (Å²) in [4.78, 5) is 45.0. The topological polar surface area (TPSA) is 94.7 Å². The minimum Gasteiger partial charge on any atom is -0.379 e. The molecule has 1 unspecified atom stereocenters. The Morgan fingerprint density at radius 1 is 1.16 bits per heavy atom. The third-order valence-corrected chi connectivity index (χ3v) is 7.17. The van der Waals surface area contributed by atoms with Crippen LogP contribution in [0.25, 0.3) is 5.57 Å². The van der Waals surface area contributed by atoms with E-state index < -0.39 is 11.4 Å². The molecule has 1 aromatic carbocycles. The molecule has 194 valence electrons. The van der Waals surface area contributed by atoms with Crippen LogP contribution in [0.4, 0.5) is 0 Å². The zero-order valence-corrected chi connectivity index (χ0v) is 21.7. The normalized spacial score (nSPS) is 20.0. The van der Waals surface area contributed by atoms with Gasteiger partial charge < -0.3 is 9.72 Å². The number of aromatic amines is 1. The summed E-state index contributed by atoms with van der Waals surface area (Å²) in [5, 5.41) is 1.28. The standard InChI is InChI=1S/C29H34N4O4/c1-5-26(34)31-33(19-25-20(2)17-22(4)30-27(25)35)28(36)29(32-13-15-37-16-14-32)18-24(12-11-21(29)3)23-9-7-6-8-10-23/h5-12,17H,1,13-16,18-19H2,2-4H3,(H,30,35)(H,31,34). The maximum Gasteiger partial charge on any atom is 0.266 e. The van der Waals surface area contributed by atoms with E-state index in [1.54, 1.807) is 0 Å². The minimum absolute atomic E-state index is 0.0797. The number of hydrogen-bond acceptors (Lipinski definition) is 5. The molecule has 2 amide bonds. The van der Waals surface area contributed by atoms with Gasteiger partial charge >= 0.3 is 0 Å². The van der Waals surface area contributed by atoms with Gasteiger partial charge in [0.25, 0.3) is 17.4 Å². The number of rotatable bonds is 6. The highest BCUT2D eigenvalue weighted by atomic mass is 16.5. The van der Waals surface area contributed by atoms with Gasteiger partial charge in [-0.25, -0.2) is 5.01 Å². The quantitative estimate of drug-likeness (QED) is 0.468. The summed E-state index contributed by atoms with van der Waals surface area (Å²) < 4.78 is 5.61. The van der Waals surface area contributed by atoms with E-state index >= 15 is 0 Å². The first-order valence-corrected chi connectivity index (χ1v) is 12.5. The Kier molecular flexibility index (Phi) is 7.90. The predicted molar refractivity (Wildman–Crippen MR) is 143 cm³/mol. The van der Waals surface area contributed by atoms with Crippen LogP contribution in [0.2, 0.25) is 0 Å². The van der Waals surface area contributed by atoms with Gasteiger partial charge in [-0.05, 0) is 55.2 Å². The molecule has 0 radical (unpaired) electrons. The molecule has 8 nitrogen and oxygen atoms in total. The summed E-state index contributed by atoms with van der Waals surface area (Å²) in [6, 6.07) is 11.8. The van der Waals surface area contributed by atoms with Crippen LogP contribution in [0, 0.1) is 13.8 Å². The molecule has 1 aromatic heterocycles. The van der Waals surface area contributed by atoms with Crippen LogP contribution < -0.4 is 11.0 Å². The Balaban J connectivity index is 1.81. The average Bonchev–Trinajstić information content (AvgIpc) is 2.90. The van der Waals surface area contributed by atoms with Crippen LogP contribution in [0.5, 0.6) is 0 Å². The third kappa shape index (κ3) is 5.35. The molecule has 37 heavy (non-hydrogen) atoms. The molecule has 2 aliphatic rings. The van der Waals surface area contributed by atoms with Gasteiger partial charge in [0.05, 0.1) is 19.8 Å². The highest BCUT2D eigenvalue weighted by Gasteiger charge is 2.50. The number of aromatic nitrogens is 1. The van der Waals surface area contributed by atoms with Gasteiger partial charge in [-0.1, -0.05) is 49.1 Å². The van der Waals surface area contributed by atoms with Crippen LogP contribution in [-0.4, -0.2) is 58.5 Å². The monoisotopic (exact) mass is 502 g/mol. The van der Waals surface area contributed by atoms with Crippen molar-refractivity contribution < 1.29 is 14.3 Å². The molecule has 2 aromatic rings. The lowest BCUT2D eigenvalue weighted by Crippen LogP contribution is -2.65. The van der Waals surface area contributed by atoms with Crippen molar-refractivity contribution in [1.82, 2.24) is 20.3 Å². The molecule has 4 rings (SSSR count). The number of hydrazine groups is 1. The number of carbonyl (C=O) groups is 2. The molecule has 2 heterocycles. The number of morpholine rings is 1. The molecule has 0 spiro atoms. The van der Waals surface area contributed by atoms with Gasteiger partial charge in [0, 0.05) is 30.8 Å². The van der Waals surface area contributed by atoms with E-state index in [2.05, 4.69) is 28.0 Å². The van der Waals surface area contributed by atoms with Gasteiger partial charge in [0.15, 0.2) is 0 Å². The van der Waals surface area contributed by atoms with E-state index in [1.807, 2.05) is 63.2 Å². The van der Waals surface area contributed by atoms with Gasteiger partial charge in [0.1, 0.15) is 5.54 Å². The zero-order valence-electron chi connectivity index (χ0n) is 21.7. The van der Waals surface area contributed by atoms with E-state index in [0.29, 0.717) is 38.3 Å². The van der Waals surface area contributed by atoms with Crippen LogP contribution in [-0.2, 0) is 20.9 Å². The van der Waals surface area contributed by atoms with Crippen LogP contribution in [0.1, 0.15) is 35.7 Å². The number of H-pyrrole nitrogens is 1. The number of amides is 2. The SMILES string of the molecule is C=CC(=O)NN(Cc1c(C)cc(C)[nH]c1=O)C(=O)C1(N2CCOCC2)CC(c2ccccc2)=CC=C1C. The minimum atomic E-state index is -1.07. The molecule has 1 atom stereocenters. The number of hydrogen-bond donors (Lipinski definition) is 2. The Labute approximate surface area is 217 Å². The summed E-state index contributed by atoms with van der Waals surface area (Å²) in [5.74, 6) is -0.831. The highest BCUT2D eigenvalue weighted by Crippen LogP contribution is 2.40. The van der Waals surface area contributed by atoms with Crippen molar-refractivity contribution in [2.45, 2.75) is 39.3 Å². The molecule has 1 saturated heterocycles. The lowest BCUT2D eigenvalue weighted by atomic mass is 9.76. The van der Waals surface area contributed by atoms with E-state index in [1.165, 1.54) is 5.01 Å². The molecular formula is C29H34N4O4. The molecule has 0 saturated carbocycles. The van der Waals surface area contributed by atoms with E-state index in [9.17, 15) is 14.4 Å². The maximum absolute atomic E-state index is 14.7. The third-order valence-electron chi connectivity index (χ3n) is 7.17. The first-order valence-electron chi connectivity index (χ1n) is 12.5. The number of allylic oxidation sites excluding steroid dienone is 2. The molecule has 2 N–H and O–H groups in total. The van der Waals surface area contributed by atoms with Crippen molar-refractivity contribution in [1.29, 1.82) is 0 Å². The number of aryl methyl sites for hydroxylation is 2. The largest absolute Gasteiger partial charge is 0.379 e. The van der Waals surface area contributed by atoms with Crippen molar-refractivity contribution in [3.63, 3.8) is 0 Å². The molecule has 1 aliphatic carbocycles. The van der Waals surface area contributed by atoms with Gasteiger partial charge in [-0.3, -0.25) is 24.7 Å². The second kappa shape index (κ2) is 11.1. The van der Waals surface area contributed by atoms with E-state index in [-0.39, 0.29) is 18.0 Å². The summed E-state index contributed by atoms with van der Waals surface area (Å²) in [6.45, 7) is 11.2. The number of ether oxygens (including phenoxy) is 1. The number of carbonyl (C=O) groups excluding carboxylic acids is 2. The second-order valence-corrected chi connectivity index (χ2v) is 9.56. The Hall–Kier alpha value is -3.75. The van der Waals surface area contributed by atoms with Gasteiger partial charge in [-0.2, -0.15) is 0 Å². The first-order chi connectivity index (χ1) is 17.8. The molecule has 1 aliphatic heterocycles. The molecule has 8 heteroatoms. The second-order valence-electron chi connectivity index (χ2n) is 9.56. The maximum atomic E-state index is 14.7. The van der Waals surface area contributed by atoms with Crippen molar-refractivity contribution in [2.75, 3.05) is 26.3 Å². The van der Waals surface area contributed by atoms with Crippen LogP contribution in [0.15, 0.2) is 71.6 Å². The summed E-state index contributed by atoms with van der Waals surface area (Å²) >= 11 is 0. The molecule has 1 fully saturated rings. The Bertz CT molecular complexity index is 1300. The molecule has 0 bridgehead atoms. The molecular weight excluding hydrogens is 468 g/mol. The first kappa shape index (κ1) is 26.3. The van der Waals surface area contributed by atoms with Crippen molar-refractivity contribution in [3.8, 4) is 0 Å². The van der Waals surface area contributed by atoms with Crippen molar-refractivity contribution in [2.24, 2.45) is 0 Å². The number of nitrogens with zero attached hydrogens (tertiary/aromatic N) is 2. The van der Waals surface area contributed by atoms with Crippen LogP contribution >= 0.6 is 0 Å². The zero-order chi connectivity index (χ0) is 26.6. The van der Waals surface area contributed by atoms with Gasteiger partial charge in [0.2, 0.25) is 0 Å². The van der Waals surface area contributed by atoms with Crippen molar-refractivity contribution in [3.05, 3.63) is 99.5 Å². The number of benzene rings is 1. The summed E-state index contributed by atoms with van der Waals surface area (Å²) in [5.41, 5.74) is 6.14.